The molecule has 0 radical (unpaired) electrons. The van der Waals surface area contributed by atoms with Crippen LogP contribution in [0.25, 0.3) is 11.2 Å². The maximum Gasteiger partial charge on any atom is 0.158 e. The lowest BCUT2D eigenvalue weighted by molar-refractivity contribution is 0.736. The SMILES string of the molecule is Cc1cnc2c(C(C)Cc3nccn4c(C(C)C)ncc34)cnn2c1. The first kappa shape index (κ1) is 15.7. The van der Waals surface area contributed by atoms with Crippen LogP contribution in [0.3, 0.4) is 0 Å². The summed E-state index contributed by atoms with van der Waals surface area (Å²) in [5.41, 5.74) is 5.30. The lowest BCUT2D eigenvalue weighted by atomic mass is 9.98. The smallest absolute Gasteiger partial charge is 0.158 e. The molecule has 4 heterocycles. The van der Waals surface area contributed by atoms with Crippen molar-refractivity contribution in [3.8, 4) is 0 Å². The average molecular weight is 334 g/mol. The fourth-order valence-electron chi connectivity index (χ4n) is 3.32. The number of hydrogen-bond acceptors (Lipinski definition) is 4. The third-order valence-corrected chi connectivity index (χ3v) is 4.63. The van der Waals surface area contributed by atoms with Gasteiger partial charge in [0.05, 0.1) is 23.6 Å². The Morgan fingerprint density at radius 3 is 2.68 bits per heavy atom. The normalized spacial score (nSPS) is 13.2. The maximum atomic E-state index is 4.62. The van der Waals surface area contributed by atoms with Gasteiger partial charge in [-0.25, -0.2) is 14.5 Å². The molecule has 1 unspecified atom stereocenters. The fourth-order valence-corrected chi connectivity index (χ4v) is 3.32. The summed E-state index contributed by atoms with van der Waals surface area (Å²) in [4.78, 5) is 13.7. The van der Waals surface area contributed by atoms with Crippen LogP contribution in [-0.4, -0.2) is 29.0 Å². The van der Waals surface area contributed by atoms with E-state index >= 15 is 0 Å². The number of rotatable bonds is 4. The molecule has 0 aliphatic heterocycles. The number of hydrogen-bond donors (Lipinski definition) is 0. The zero-order valence-electron chi connectivity index (χ0n) is 15.0. The summed E-state index contributed by atoms with van der Waals surface area (Å²) < 4.78 is 4.00. The summed E-state index contributed by atoms with van der Waals surface area (Å²) in [7, 11) is 0. The Bertz CT molecular complexity index is 1040. The molecule has 0 fully saturated rings. The number of imidazole rings is 1. The largest absolute Gasteiger partial charge is 0.300 e. The lowest BCUT2D eigenvalue weighted by Gasteiger charge is -2.11. The second-order valence-corrected chi connectivity index (χ2v) is 7.00. The molecule has 4 rings (SSSR count). The molecule has 0 aliphatic carbocycles. The van der Waals surface area contributed by atoms with E-state index in [2.05, 4.69) is 45.2 Å². The van der Waals surface area contributed by atoms with E-state index in [0.29, 0.717) is 5.92 Å². The Hall–Kier alpha value is -2.76. The van der Waals surface area contributed by atoms with Crippen molar-refractivity contribution in [2.24, 2.45) is 0 Å². The predicted molar refractivity (Wildman–Crippen MR) is 96.9 cm³/mol. The van der Waals surface area contributed by atoms with Crippen LogP contribution < -0.4 is 0 Å². The molecule has 0 N–H and O–H groups in total. The Kier molecular flexibility index (Phi) is 3.75. The van der Waals surface area contributed by atoms with Crippen LogP contribution >= 0.6 is 0 Å². The monoisotopic (exact) mass is 334 g/mol. The van der Waals surface area contributed by atoms with Gasteiger partial charge in [0.15, 0.2) is 5.65 Å². The van der Waals surface area contributed by atoms with Crippen molar-refractivity contribution in [2.75, 3.05) is 0 Å². The molecule has 0 bridgehead atoms. The van der Waals surface area contributed by atoms with Gasteiger partial charge in [0, 0.05) is 36.3 Å². The second-order valence-electron chi connectivity index (χ2n) is 7.00. The zero-order chi connectivity index (χ0) is 17.6. The molecule has 6 heteroatoms. The average Bonchev–Trinajstić information content (AvgIpc) is 3.18. The van der Waals surface area contributed by atoms with Crippen LogP contribution in [0.1, 0.15) is 55.3 Å². The van der Waals surface area contributed by atoms with E-state index in [1.54, 1.807) is 0 Å². The van der Waals surface area contributed by atoms with Gasteiger partial charge in [0.1, 0.15) is 5.82 Å². The van der Waals surface area contributed by atoms with E-state index < -0.39 is 0 Å². The molecular formula is C19H22N6. The third kappa shape index (κ3) is 2.67. The number of aromatic nitrogens is 6. The standard InChI is InChI=1S/C19H22N6/c1-12(2)18-22-10-17-16(20-5-6-24(17)18)7-14(4)15-9-23-25-11-13(3)8-21-19(15)25/h5-6,8-12,14H,7H2,1-4H3. The minimum absolute atomic E-state index is 0.267. The highest BCUT2D eigenvalue weighted by atomic mass is 15.2. The molecule has 6 nitrogen and oxygen atoms in total. The van der Waals surface area contributed by atoms with Crippen molar-refractivity contribution in [1.29, 1.82) is 0 Å². The van der Waals surface area contributed by atoms with Crippen molar-refractivity contribution in [1.82, 2.24) is 29.0 Å². The highest BCUT2D eigenvalue weighted by Gasteiger charge is 2.17. The molecule has 0 aromatic carbocycles. The minimum atomic E-state index is 0.267. The van der Waals surface area contributed by atoms with Gasteiger partial charge in [-0.1, -0.05) is 20.8 Å². The van der Waals surface area contributed by atoms with Crippen LogP contribution in [0, 0.1) is 6.92 Å². The van der Waals surface area contributed by atoms with E-state index in [-0.39, 0.29) is 5.92 Å². The molecule has 0 saturated carbocycles. The molecule has 1 atom stereocenters. The molecule has 0 amide bonds. The fraction of sp³-hybridized carbons (Fsp3) is 0.368. The quantitative estimate of drug-likeness (QED) is 0.572. The molecule has 25 heavy (non-hydrogen) atoms. The first-order valence-corrected chi connectivity index (χ1v) is 8.65. The first-order valence-electron chi connectivity index (χ1n) is 8.65. The first-order chi connectivity index (χ1) is 12.0. The summed E-state index contributed by atoms with van der Waals surface area (Å²) in [5, 5.41) is 4.45. The van der Waals surface area contributed by atoms with Gasteiger partial charge in [-0.15, -0.1) is 0 Å². The van der Waals surface area contributed by atoms with E-state index in [0.717, 1.165) is 40.2 Å². The maximum absolute atomic E-state index is 4.62. The van der Waals surface area contributed by atoms with Gasteiger partial charge in [-0.05, 0) is 24.8 Å². The molecule has 0 aliphatic rings. The predicted octanol–water partition coefficient (Wildman–Crippen LogP) is 3.55. The van der Waals surface area contributed by atoms with Gasteiger partial charge in [0.25, 0.3) is 0 Å². The van der Waals surface area contributed by atoms with Gasteiger partial charge in [0.2, 0.25) is 0 Å². The van der Waals surface area contributed by atoms with Gasteiger partial charge >= 0.3 is 0 Å². The third-order valence-electron chi connectivity index (χ3n) is 4.63. The van der Waals surface area contributed by atoms with E-state index in [1.807, 2.05) is 48.6 Å². The molecule has 0 spiro atoms. The highest BCUT2D eigenvalue weighted by Crippen LogP contribution is 2.25. The Morgan fingerprint density at radius 1 is 1.04 bits per heavy atom. The van der Waals surface area contributed by atoms with Crippen LogP contribution in [0.4, 0.5) is 0 Å². The highest BCUT2D eigenvalue weighted by molar-refractivity contribution is 5.53. The van der Waals surface area contributed by atoms with Gasteiger partial charge in [-0.2, -0.15) is 5.10 Å². The summed E-state index contributed by atoms with van der Waals surface area (Å²) in [6.07, 6.45) is 12.4. The molecule has 128 valence electrons. The van der Waals surface area contributed by atoms with Crippen LogP contribution in [0.2, 0.25) is 0 Å². The zero-order valence-corrected chi connectivity index (χ0v) is 15.0. The molecule has 4 aromatic rings. The topological polar surface area (TPSA) is 60.4 Å². The van der Waals surface area contributed by atoms with Crippen LogP contribution in [0.5, 0.6) is 0 Å². The lowest BCUT2D eigenvalue weighted by Crippen LogP contribution is -2.04. The van der Waals surface area contributed by atoms with Crippen molar-refractivity contribution >= 4 is 11.2 Å². The van der Waals surface area contributed by atoms with Crippen LogP contribution in [-0.2, 0) is 6.42 Å². The number of aryl methyl sites for hydroxylation is 1. The van der Waals surface area contributed by atoms with E-state index in [9.17, 15) is 0 Å². The number of fused-ring (bicyclic) bond motifs is 2. The Labute approximate surface area is 146 Å². The molecular weight excluding hydrogens is 312 g/mol. The summed E-state index contributed by atoms with van der Waals surface area (Å²) in [5.74, 6) is 1.71. The van der Waals surface area contributed by atoms with Crippen molar-refractivity contribution in [3.63, 3.8) is 0 Å². The van der Waals surface area contributed by atoms with Crippen molar-refractivity contribution in [2.45, 2.75) is 46.0 Å². The van der Waals surface area contributed by atoms with Crippen LogP contribution in [0.15, 0.2) is 37.2 Å². The van der Waals surface area contributed by atoms with Crippen molar-refractivity contribution in [3.05, 3.63) is 59.8 Å². The van der Waals surface area contributed by atoms with E-state index in [1.165, 1.54) is 0 Å². The van der Waals surface area contributed by atoms with Gasteiger partial charge < -0.3 is 4.40 Å². The summed E-state index contributed by atoms with van der Waals surface area (Å²) in [6.45, 7) is 8.53. The Morgan fingerprint density at radius 2 is 1.88 bits per heavy atom. The van der Waals surface area contributed by atoms with Crippen molar-refractivity contribution < 1.29 is 0 Å². The molecule has 0 saturated heterocycles. The van der Waals surface area contributed by atoms with E-state index in [4.69, 9.17) is 0 Å². The molecule has 4 aromatic heterocycles. The summed E-state index contributed by atoms with van der Waals surface area (Å²) in [6, 6.07) is 0. The minimum Gasteiger partial charge on any atom is -0.300 e. The number of nitrogens with zero attached hydrogens (tertiary/aromatic N) is 6. The summed E-state index contributed by atoms with van der Waals surface area (Å²) >= 11 is 0. The van der Waals surface area contributed by atoms with Gasteiger partial charge in [-0.3, -0.25) is 4.98 Å². The Balaban J connectivity index is 1.70. The second kappa shape index (κ2) is 5.95.